The van der Waals surface area contributed by atoms with E-state index in [0.717, 1.165) is 99.6 Å². The van der Waals surface area contributed by atoms with Crippen molar-refractivity contribution in [2.45, 2.75) is 10.8 Å². The molecule has 2 spiro atoms. The molecule has 0 N–H and O–H groups in total. The van der Waals surface area contributed by atoms with Crippen LogP contribution in [0.3, 0.4) is 0 Å². The Hall–Kier alpha value is -19.4. The fourth-order valence-electron chi connectivity index (χ4n) is 26.0. The first kappa shape index (κ1) is 83.2. The number of rotatable bonds is 10. The van der Waals surface area contributed by atoms with Crippen molar-refractivity contribution in [1.82, 2.24) is 29.1 Å². The molecule has 0 amide bonds. The van der Waals surface area contributed by atoms with Crippen LogP contribution in [-0.4, -0.2) is 29.1 Å². The van der Waals surface area contributed by atoms with E-state index in [1.54, 1.807) is 0 Å². The molecule has 6 heteroatoms. The fraction of sp³-hybridized carbons (Fsp3) is 0.0141. The first-order valence-electron chi connectivity index (χ1n) is 51.1. The summed E-state index contributed by atoms with van der Waals surface area (Å²) in [6.07, 6.45) is 3.89. The third-order valence-electron chi connectivity index (χ3n) is 32.5. The second kappa shape index (κ2) is 32.6. The number of hydrogen-bond acceptors (Lipinski definition) is 4. The highest BCUT2D eigenvalue weighted by molar-refractivity contribution is 6.25. The minimum Gasteiger partial charge on any atom is -0.309 e. The summed E-state index contributed by atoms with van der Waals surface area (Å²) in [5, 5.41) is 14.0. The van der Waals surface area contributed by atoms with Crippen LogP contribution in [-0.2, 0) is 10.8 Å². The average molecular weight is 1880 g/mol. The average Bonchev–Trinajstić information content (AvgIpc) is 1.51. The summed E-state index contributed by atoms with van der Waals surface area (Å²) in [4.78, 5) is 21.1. The molecule has 6 nitrogen and oxygen atoms in total. The van der Waals surface area contributed by atoms with E-state index in [0.29, 0.717) is 0 Å². The molecule has 0 radical (unpaired) electrons. The molecule has 4 heterocycles. The maximum absolute atomic E-state index is 5.47. The molecular weight excluding hydrogens is 1790 g/mol. The third kappa shape index (κ3) is 12.3. The quantitative estimate of drug-likeness (QED) is 0.128. The van der Waals surface area contributed by atoms with Crippen molar-refractivity contribution in [3.05, 3.63) is 566 Å². The third-order valence-corrected chi connectivity index (χ3v) is 32.5. The molecule has 0 saturated heterocycles. The summed E-state index contributed by atoms with van der Waals surface area (Å²) < 4.78 is 4.86. The van der Waals surface area contributed by atoms with E-state index < -0.39 is 10.8 Å². The van der Waals surface area contributed by atoms with E-state index >= 15 is 0 Å². The van der Waals surface area contributed by atoms with Gasteiger partial charge in [0.2, 0.25) is 0 Å². The molecule has 684 valence electrons. The van der Waals surface area contributed by atoms with Gasteiger partial charge in [-0.25, -0.2) is 9.97 Å². The number of hydrogen-bond donors (Lipinski definition) is 0. The van der Waals surface area contributed by atoms with Crippen LogP contribution in [0.2, 0.25) is 0 Å². The first-order valence-corrected chi connectivity index (χ1v) is 51.1. The van der Waals surface area contributed by atoms with Crippen molar-refractivity contribution >= 4 is 109 Å². The molecule has 0 aliphatic heterocycles. The van der Waals surface area contributed by atoms with Gasteiger partial charge in [-0.05, 0) is 262 Å². The monoisotopic (exact) mass is 1870 g/mol. The van der Waals surface area contributed by atoms with E-state index in [1.165, 1.54) is 199 Å². The van der Waals surface area contributed by atoms with Gasteiger partial charge >= 0.3 is 0 Å². The molecule has 24 aromatic carbocycles. The molecule has 0 saturated carbocycles. The molecule has 0 bridgehead atoms. The van der Waals surface area contributed by atoms with Gasteiger partial charge in [0.05, 0.1) is 78.7 Å². The zero-order chi connectivity index (χ0) is 97.0. The Morgan fingerprint density at radius 1 is 0.142 bits per heavy atom. The summed E-state index contributed by atoms with van der Waals surface area (Å²) in [5.41, 5.74) is 48.7. The fourth-order valence-corrected chi connectivity index (χ4v) is 26.0. The van der Waals surface area contributed by atoms with Crippen molar-refractivity contribution in [3.8, 4) is 145 Å². The van der Waals surface area contributed by atoms with E-state index in [-0.39, 0.29) is 0 Å². The minimum absolute atomic E-state index is 0.441. The topological polar surface area (TPSA) is 61.4 Å². The largest absolute Gasteiger partial charge is 0.309 e. The van der Waals surface area contributed by atoms with Crippen LogP contribution in [0.15, 0.2) is 522 Å². The highest BCUT2D eigenvalue weighted by Crippen LogP contribution is 2.66. The van der Waals surface area contributed by atoms with E-state index in [2.05, 4.69) is 519 Å². The SMILES string of the molecule is c1cc(-c2cnc3c4ccccc4c4ccccc4c3n2)cc(-n2c3ccc(-c4ccc5c(c4)C4(c6ccccc6-c6ccccc64)c4ccccc4-5)cc3c3cc(-c4ccc5c(c4)C4(c6ccccc6-c6ccccc64)c4ccccc4-5)ccc32)c1.c1ccc(-c2ccc(-c3ccc4c(c3)c3cc(-c5ccc(-c6ccccc6)cc5)ccc3n4-c3cccc(-c4cnc5c6ccccc6c6ccccc6c5n4)c3)cc2)cc1. The highest BCUT2D eigenvalue weighted by Gasteiger charge is 2.53. The Kier molecular flexibility index (Phi) is 18.3. The lowest BCUT2D eigenvalue weighted by atomic mass is 9.70. The maximum Gasteiger partial charge on any atom is 0.0979 e. The molecule has 4 aliphatic carbocycles. The van der Waals surface area contributed by atoms with Gasteiger partial charge in [-0.1, -0.05) is 425 Å². The minimum atomic E-state index is -0.441. The van der Waals surface area contributed by atoms with Crippen molar-refractivity contribution in [2.75, 3.05) is 0 Å². The summed E-state index contributed by atoms with van der Waals surface area (Å²) in [7, 11) is 0. The van der Waals surface area contributed by atoms with Crippen molar-refractivity contribution in [3.63, 3.8) is 0 Å². The highest BCUT2D eigenvalue weighted by atomic mass is 15.0. The van der Waals surface area contributed by atoms with Crippen LogP contribution < -0.4 is 0 Å². The van der Waals surface area contributed by atoms with E-state index in [9.17, 15) is 0 Å². The summed E-state index contributed by atoms with van der Waals surface area (Å²) in [6, 6.07) is 188. The smallest absolute Gasteiger partial charge is 0.0979 e. The number of benzene rings is 24. The van der Waals surface area contributed by atoms with E-state index in [1.807, 2.05) is 12.4 Å². The standard InChI is InChI=1S/C84H49N3.C58H37N3/c1-3-28-66-56(20-1)57-21-2-4-29-67(57)82-81(66)85-49-78(86-82)54-18-17-19-55(44-54)87-79-42-38-50(52-36-40-64-62-26-9-15-34-74(62)83(76(64)47-52)70-30-11-5-22-58(70)59-23-6-12-31-71(59)83)45-68(79)69-46-51(39-43-80(69)87)53-37-41-65-63-27-10-16-35-75(63)84(77(65)48-53)72-32-13-7-24-60(72)61-25-8-14-33-73(61)84;1-3-12-38(13-4-1)40-22-26-42(27-23-40)44-30-32-55-52(35-44)53-36-45(43-28-24-41(25-29-43)39-14-5-2-6-15-39)31-33-56(53)61(55)47-17-11-16-46(34-47)54-37-59-57-50-20-9-7-18-48(50)49-19-8-10-21-51(49)58(57)60-54/h1-49H;1-37H. The normalized spacial score (nSPS) is 13.0. The Bertz CT molecular complexity index is 9920. The van der Waals surface area contributed by atoms with Gasteiger partial charge in [0.15, 0.2) is 0 Å². The predicted molar refractivity (Wildman–Crippen MR) is 614 cm³/mol. The van der Waals surface area contributed by atoms with Gasteiger partial charge in [0, 0.05) is 65.6 Å². The van der Waals surface area contributed by atoms with Gasteiger partial charge in [-0.3, -0.25) is 9.97 Å². The van der Waals surface area contributed by atoms with Crippen molar-refractivity contribution in [1.29, 1.82) is 0 Å². The molecule has 0 fully saturated rings. The van der Waals surface area contributed by atoms with Crippen molar-refractivity contribution in [2.24, 2.45) is 0 Å². The zero-order valence-corrected chi connectivity index (χ0v) is 80.3. The van der Waals surface area contributed by atoms with Crippen LogP contribution in [0.1, 0.15) is 44.5 Å². The summed E-state index contributed by atoms with van der Waals surface area (Å²) in [5.74, 6) is 0. The molecule has 28 aromatic rings. The number of aromatic nitrogens is 6. The molecule has 0 unspecified atom stereocenters. The van der Waals surface area contributed by atoms with Crippen LogP contribution >= 0.6 is 0 Å². The maximum atomic E-state index is 5.47. The molecule has 4 aromatic heterocycles. The second-order valence-electron chi connectivity index (χ2n) is 40.0. The molecule has 4 aliphatic rings. The Balaban J connectivity index is 0.000000143. The number of nitrogens with zero attached hydrogens (tertiary/aromatic N) is 6. The Labute approximate surface area is 854 Å². The lowest BCUT2D eigenvalue weighted by Crippen LogP contribution is -2.25. The van der Waals surface area contributed by atoms with Gasteiger partial charge in [-0.15, -0.1) is 0 Å². The molecule has 148 heavy (non-hydrogen) atoms. The van der Waals surface area contributed by atoms with Crippen LogP contribution in [0.25, 0.3) is 254 Å². The van der Waals surface area contributed by atoms with Gasteiger partial charge in [0.25, 0.3) is 0 Å². The van der Waals surface area contributed by atoms with E-state index in [4.69, 9.17) is 19.9 Å². The van der Waals surface area contributed by atoms with Crippen LogP contribution in [0.4, 0.5) is 0 Å². The molecular formula is C142H86N6. The van der Waals surface area contributed by atoms with Crippen LogP contribution in [0, 0.1) is 0 Å². The summed E-state index contributed by atoms with van der Waals surface area (Å²) >= 11 is 0. The van der Waals surface area contributed by atoms with Crippen molar-refractivity contribution < 1.29 is 0 Å². The molecule has 0 atom stereocenters. The van der Waals surface area contributed by atoms with Gasteiger partial charge in [-0.2, -0.15) is 0 Å². The Morgan fingerprint density at radius 3 is 0.676 bits per heavy atom. The predicted octanol–water partition coefficient (Wildman–Crippen LogP) is 36.1. The second-order valence-corrected chi connectivity index (χ2v) is 40.0. The van der Waals surface area contributed by atoms with Crippen LogP contribution in [0.5, 0.6) is 0 Å². The zero-order valence-electron chi connectivity index (χ0n) is 80.3. The number of fused-ring (bicyclic) bond motifs is 38. The Morgan fingerprint density at radius 2 is 0.365 bits per heavy atom. The first-order chi connectivity index (χ1) is 73.4. The molecule has 32 rings (SSSR count). The summed E-state index contributed by atoms with van der Waals surface area (Å²) in [6.45, 7) is 0. The van der Waals surface area contributed by atoms with Gasteiger partial charge < -0.3 is 9.13 Å². The lowest BCUT2D eigenvalue weighted by Gasteiger charge is -2.30. The lowest BCUT2D eigenvalue weighted by molar-refractivity contribution is 0.794. The van der Waals surface area contributed by atoms with Gasteiger partial charge in [0.1, 0.15) is 0 Å².